The molecule has 1 fully saturated rings. The predicted octanol–water partition coefficient (Wildman–Crippen LogP) is 2.14. The van der Waals surface area contributed by atoms with E-state index in [1.165, 1.54) is 5.56 Å². The third-order valence-corrected chi connectivity index (χ3v) is 3.38. The molecule has 1 aliphatic rings. The molecule has 0 aliphatic heterocycles. The van der Waals surface area contributed by atoms with Gasteiger partial charge in [-0.25, -0.2) is 4.99 Å². The highest BCUT2D eigenvalue weighted by molar-refractivity contribution is 6.30. The van der Waals surface area contributed by atoms with Crippen LogP contribution < -0.4 is 11.1 Å². The van der Waals surface area contributed by atoms with Gasteiger partial charge in [-0.1, -0.05) is 23.7 Å². The first kappa shape index (κ1) is 14.2. The van der Waals surface area contributed by atoms with Crippen molar-refractivity contribution >= 4 is 17.6 Å². The van der Waals surface area contributed by atoms with E-state index in [0.29, 0.717) is 18.5 Å². The Labute approximate surface area is 119 Å². The molecule has 1 unspecified atom stereocenters. The molecular weight excluding hydrogens is 262 g/mol. The van der Waals surface area contributed by atoms with Crippen LogP contribution in [-0.4, -0.2) is 31.8 Å². The lowest BCUT2D eigenvalue weighted by Crippen LogP contribution is -2.40. The highest BCUT2D eigenvalue weighted by Crippen LogP contribution is 2.43. The van der Waals surface area contributed by atoms with Crippen LogP contribution in [0.2, 0.25) is 5.02 Å². The predicted molar refractivity (Wildman–Crippen MR) is 78.7 cm³/mol. The summed E-state index contributed by atoms with van der Waals surface area (Å²) in [6.07, 6.45) is 1.03. The van der Waals surface area contributed by atoms with Gasteiger partial charge in [-0.15, -0.1) is 0 Å². The topological polar surface area (TPSA) is 59.6 Å². The first-order valence-corrected chi connectivity index (χ1v) is 6.82. The number of hydrogen-bond donors (Lipinski definition) is 2. The van der Waals surface area contributed by atoms with Crippen LogP contribution in [0.25, 0.3) is 0 Å². The van der Waals surface area contributed by atoms with Gasteiger partial charge in [0.05, 0.1) is 12.6 Å². The van der Waals surface area contributed by atoms with Crippen LogP contribution in [0.4, 0.5) is 0 Å². The number of nitrogens with zero attached hydrogens (tertiary/aromatic N) is 1. The number of rotatable bonds is 5. The van der Waals surface area contributed by atoms with Gasteiger partial charge in [-0.2, -0.15) is 0 Å². The zero-order valence-electron chi connectivity index (χ0n) is 11.3. The molecule has 0 heterocycles. The molecule has 1 aliphatic carbocycles. The summed E-state index contributed by atoms with van der Waals surface area (Å²) < 4.78 is 5.04. The van der Waals surface area contributed by atoms with E-state index in [1.54, 1.807) is 7.11 Å². The van der Waals surface area contributed by atoms with Crippen LogP contribution in [0, 0.1) is 0 Å². The van der Waals surface area contributed by atoms with E-state index in [-0.39, 0.29) is 12.1 Å². The molecule has 0 spiro atoms. The fourth-order valence-corrected chi connectivity index (χ4v) is 2.38. The summed E-state index contributed by atoms with van der Waals surface area (Å²) in [4.78, 5) is 4.48. The maximum atomic E-state index is 5.99. The smallest absolute Gasteiger partial charge is 0.189 e. The van der Waals surface area contributed by atoms with Crippen molar-refractivity contribution in [2.24, 2.45) is 10.7 Å². The number of ether oxygens (including phenoxy) is 1. The molecule has 3 N–H and O–H groups in total. The lowest BCUT2D eigenvalue weighted by Gasteiger charge is -2.13. The van der Waals surface area contributed by atoms with Crippen molar-refractivity contribution in [1.29, 1.82) is 0 Å². The Morgan fingerprint density at radius 3 is 3.11 bits per heavy atom. The second-order valence-corrected chi connectivity index (χ2v) is 5.42. The molecule has 2 rings (SSSR count). The highest BCUT2D eigenvalue weighted by Gasteiger charge is 2.38. The number of hydrogen-bond acceptors (Lipinski definition) is 2. The number of nitrogens with one attached hydrogen (secondary N) is 1. The van der Waals surface area contributed by atoms with Gasteiger partial charge in [0.2, 0.25) is 0 Å². The minimum Gasteiger partial charge on any atom is -0.383 e. The van der Waals surface area contributed by atoms with E-state index in [0.717, 1.165) is 11.4 Å². The first-order chi connectivity index (χ1) is 9.10. The number of aliphatic imine (C=N–C) groups is 1. The molecule has 0 aromatic heterocycles. The average Bonchev–Trinajstić information content (AvgIpc) is 3.08. The number of nitrogens with two attached hydrogens (primary N) is 1. The Morgan fingerprint density at radius 2 is 2.42 bits per heavy atom. The molecule has 104 valence electrons. The van der Waals surface area contributed by atoms with Crippen LogP contribution in [0.5, 0.6) is 0 Å². The van der Waals surface area contributed by atoms with Gasteiger partial charge in [0.15, 0.2) is 5.96 Å². The van der Waals surface area contributed by atoms with Crippen molar-refractivity contribution in [2.75, 3.05) is 13.7 Å². The molecule has 1 saturated carbocycles. The molecule has 1 aromatic carbocycles. The second-order valence-electron chi connectivity index (χ2n) is 4.98. The number of methoxy groups -OCH3 is 1. The van der Waals surface area contributed by atoms with Crippen LogP contribution in [0.1, 0.15) is 24.8 Å². The van der Waals surface area contributed by atoms with E-state index >= 15 is 0 Å². The molecular formula is C14H20ClN3O. The Morgan fingerprint density at radius 1 is 1.63 bits per heavy atom. The van der Waals surface area contributed by atoms with Crippen molar-refractivity contribution < 1.29 is 4.74 Å². The Bertz CT molecular complexity index is 464. The number of halogens is 1. The monoisotopic (exact) mass is 281 g/mol. The van der Waals surface area contributed by atoms with Gasteiger partial charge >= 0.3 is 0 Å². The number of guanidine groups is 1. The minimum atomic E-state index is 0.164. The summed E-state index contributed by atoms with van der Waals surface area (Å²) in [5.41, 5.74) is 7.11. The van der Waals surface area contributed by atoms with E-state index in [2.05, 4.69) is 16.4 Å². The third-order valence-electron chi connectivity index (χ3n) is 3.15. The van der Waals surface area contributed by atoms with E-state index in [1.807, 2.05) is 25.1 Å². The first-order valence-electron chi connectivity index (χ1n) is 6.44. The quantitative estimate of drug-likeness (QED) is 0.642. The van der Waals surface area contributed by atoms with Crippen LogP contribution in [0.3, 0.4) is 0 Å². The van der Waals surface area contributed by atoms with Gasteiger partial charge in [0, 0.05) is 24.1 Å². The highest BCUT2D eigenvalue weighted by atomic mass is 35.5. The molecule has 1 aromatic rings. The van der Waals surface area contributed by atoms with Gasteiger partial charge in [0.1, 0.15) is 0 Å². The molecule has 4 nitrogen and oxygen atoms in total. The molecule has 3 atom stereocenters. The molecule has 0 saturated heterocycles. The zero-order chi connectivity index (χ0) is 13.8. The van der Waals surface area contributed by atoms with Gasteiger partial charge in [-0.05, 0) is 31.0 Å². The molecule has 0 radical (unpaired) electrons. The zero-order valence-corrected chi connectivity index (χ0v) is 12.0. The van der Waals surface area contributed by atoms with Crippen LogP contribution in [0.15, 0.2) is 29.3 Å². The van der Waals surface area contributed by atoms with Gasteiger partial charge < -0.3 is 15.8 Å². The molecule has 5 heteroatoms. The maximum Gasteiger partial charge on any atom is 0.189 e. The number of benzene rings is 1. The molecule has 0 amide bonds. The summed E-state index contributed by atoms with van der Waals surface area (Å²) in [6.45, 7) is 2.62. The van der Waals surface area contributed by atoms with Crippen molar-refractivity contribution in [1.82, 2.24) is 5.32 Å². The van der Waals surface area contributed by atoms with E-state index in [4.69, 9.17) is 22.1 Å². The minimum absolute atomic E-state index is 0.164. The SMILES string of the molecule is COCC(C)NC(N)=N[C@@H]1C[C@H]1c1cccc(Cl)c1. The van der Waals surface area contributed by atoms with Crippen molar-refractivity contribution in [3.8, 4) is 0 Å². The fraction of sp³-hybridized carbons (Fsp3) is 0.500. The van der Waals surface area contributed by atoms with Crippen molar-refractivity contribution in [3.05, 3.63) is 34.9 Å². The average molecular weight is 282 g/mol. The van der Waals surface area contributed by atoms with Gasteiger partial charge in [0.25, 0.3) is 0 Å². The van der Waals surface area contributed by atoms with E-state index in [9.17, 15) is 0 Å². The lowest BCUT2D eigenvalue weighted by molar-refractivity contribution is 0.179. The van der Waals surface area contributed by atoms with Gasteiger partial charge in [-0.3, -0.25) is 0 Å². The fourth-order valence-electron chi connectivity index (χ4n) is 2.18. The summed E-state index contributed by atoms with van der Waals surface area (Å²) in [7, 11) is 1.67. The second kappa shape index (κ2) is 6.26. The third kappa shape index (κ3) is 4.11. The Kier molecular flexibility index (Phi) is 4.66. The molecule has 0 bridgehead atoms. The van der Waals surface area contributed by atoms with Crippen LogP contribution >= 0.6 is 11.6 Å². The Balaban J connectivity index is 1.89. The summed E-state index contributed by atoms with van der Waals surface area (Å²) in [5, 5.41) is 3.88. The van der Waals surface area contributed by atoms with Crippen molar-refractivity contribution in [2.45, 2.75) is 31.3 Å². The lowest BCUT2D eigenvalue weighted by atomic mass is 10.1. The maximum absolute atomic E-state index is 5.99. The Hall–Kier alpha value is -1.26. The van der Waals surface area contributed by atoms with E-state index < -0.39 is 0 Å². The normalized spacial score (nSPS) is 24.1. The summed E-state index contributed by atoms with van der Waals surface area (Å²) >= 11 is 5.99. The standard InChI is InChI=1S/C14H20ClN3O/c1-9(8-19-2)17-14(16)18-13-7-12(13)10-4-3-5-11(15)6-10/h3-6,9,12-13H,7-8H2,1-2H3,(H3,16,17,18)/t9?,12-,13+/m0/s1. The van der Waals surface area contributed by atoms with Crippen molar-refractivity contribution in [3.63, 3.8) is 0 Å². The summed E-state index contributed by atoms with van der Waals surface area (Å²) in [5.74, 6) is 0.927. The molecule has 19 heavy (non-hydrogen) atoms. The van der Waals surface area contributed by atoms with Crippen LogP contribution in [-0.2, 0) is 4.74 Å². The summed E-state index contributed by atoms with van der Waals surface area (Å²) in [6, 6.07) is 8.37. The largest absolute Gasteiger partial charge is 0.383 e.